The maximum absolute atomic E-state index is 12.9. The summed E-state index contributed by atoms with van der Waals surface area (Å²) in [6.07, 6.45) is 0.530. The molecule has 0 unspecified atom stereocenters. The lowest BCUT2D eigenvalue weighted by atomic mass is 10.1. The van der Waals surface area contributed by atoms with E-state index in [2.05, 4.69) is 36.1 Å². The van der Waals surface area contributed by atoms with Crippen molar-refractivity contribution in [3.05, 3.63) is 53.4 Å². The molecule has 45 heavy (non-hydrogen) atoms. The van der Waals surface area contributed by atoms with Crippen molar-refractivity contribution in [3.63, 3.8) is 0 Å². The van der Waals surface area contributed by atoms with Gasteiger partial charge in [0.2, 0.25) is 17.7 Å². The van der Waals surface area contributed by atoms with E-state index in [9.17, 15) is 14.4 Å². The number of rotatable bonds is 9. The van der Waals surface area contributed by atoms with Gasteiger partial charge in [0.25, 0.3) is 0 Å². The van der Waals surface area contributed by atoms with Crippen molar-refractivity contribution in [2.24, 2.45) is 0 Å². The third kappa shape index (κ3) is 8.32. The minimum atomic E-state index is -0.722. The van der Waals surface area contributed by atoms with Gasteiger partial charge >= 0.3 is 18.0 Å². The molecular weight excluding hydrogens is 604 g/mol. The molecule has 0 saturated carbocycles. The zero-order chi connectivity index (χ0) is 33.1. The SMILES string of the molecule is COC(=O)c1ccc(-c2oc([C@H](CSC(C)(C)C)NC(=O)OC(C)(C)C)nc2-c2nc(-c3nc(C(=O)OC)co3)c(C)o2)cc1. The van der Waals surface area contributed by atoms with E-state index in [1.165, 1.54) is 14.2 Å². The molecule has 1 amide bonds. The van der Waals surface area contributed by atoms with Crippen LogP contribution in [-0.4, -0.2) is 63.3 Å². The quantitative estimate of drug-likeness (QED) is 0.153. The molecule has 240 valence electrons. The molecule has 0 saturated heterocycles. The third-order valence-corrected chi connectivity index (χ3v) is 7.35. The number of aryl methyl sites for hydroxylation is 1. The molecule has 1 aromatic carbocycles. The van der Waals surface area contributed by atoms with Gasteiger partial charge in [-0.25, -0.2) is 29.3 Å². The normalized spacial score (nSPS) is 12.5. The number of amides is 1. The van der Waals surface area contributed by atoms with Crippen LogP contribution in [0.15, 0.2) is 43.8 Å². The highest BCUT2D eigenvalue weighted by atomic mass is 32.2. The number of carbonyl (C=O) groups is 3. The van der Waals surface area contributed by atoms with E-state index in [0.29, 0.717) is 22.6 Å². The van der Waals surface area contributed by atoms with Gasteiger partial charge in [0.1, 0.15) is 23.7 Å². The Balaban J connectivity index is 1.82. The average Bonchev–Trinajstić information content (AvgIpc) is 3.71. The third-order valence-electron chi connectivity index (χ3n) is 5.98. The lowest BCUT2D eigenvalue weighted by Gasteiger charge is -2.24. The van der Waals surface area contributed by atoms with Gasteiger partial charge in [-0.3, -0.25) is 0 Å². The van der Waals surface area contributed by atoms with E-state index < -0.39 is 29.7 Å². The fourth-order valence-electron chi connectivity index (χ4n) is 3.94. The average molecular weight is 641 g/mol. The zero-order valence-corrected chi connectivity index (χ0v) is 27.4. The topological polar surface area (TPSA) is 169 Å². The van der Waals surface area contributed by atoms with E-state index in [4.69, 9.17) is 32.4 Å². The molecule has 14 heteroatoms. The van der Waals surface area contributed by atoms with E-state index in [1.807, 2.05) is 0 Å². The first kappa shape index (κ1) is 33.3. The van der Waals surface area contributed by atoms with Crippen LogP contribution in [0.2, 0.25) is 0 Å². The number of nitrogens with one attached hydrogen (secondary N) is 1. The Morgan fingerprint density at radius 1 is 0.889 bits per heavy atom. The fraction of sp³-hybridized carbons (Fsp3) is 0.419. The Labute approximate surface area is 264 Å². The lowest BCUT2D eigenvalue weighted by molar-refractivity contribution is 0.0500. The van der Waals surface area contributed by atoms with Gasteiger partial charge in [-0.2, -0.15) is 11.8 Å². The summed E-state index contributed by atoms with van der Waals surface area (Å²) in [4.78, 5) is 50.3. The van der Waals surface area contributed by atoms with Gasteiger partial charge in [0.05, 0.1) is 19.8 Å². The molecule has 0 aliphatic rings. The lowest BCUT2D eigenvalue weighted by Crippen LogP contribution is -2.36. The highest BCUT2D eigenvalue weighted by Crippen LogP contribution is 2.38. The van der Waals surface area contributed by atoms with Crippen molar-refractivity contribution < 1.29 is 41.8 Å². The molecule has 1 N–H and O–H groups in total. The van der Waals surface area contributed by atoms with Crippen LogP contribution in [-0.2, 0) is 14.2 Å². The standard InChI is InChI=1S/C31H36N4O9S/c1-16-21(25-32-19(14-41-25)28(37)40-9)34-26(42-16)22-23(17-10-12-18(13-11-17)27(36)39-8)43-24(35-22)20(15-45-31(5,6)7)33-29(38)44-30(2,3)4/h10-14,20H,15H2,1-9H3,(H,33,38)/t20-/m0/s1. The minimum Gasteiger partial charge on any atom is -0.465 e. The summed E-state index contributed by atoms with van der Waals surface area (Å²) in [7, 11) is 2.54. The van der Waals surface area contributed by atoms with E-state index in [1.54, 1.807) is 63.7 Å². The predicted molar refractivity (Wildman–Crippen MR) is 165 cm³/mol. The van der Waals surface area contributed by atoms with Gasteiger partial charge in [-0.1, -0.05) is 32.9 Å². The number of nitrogens with zero attached hydrogens (tertiary/aromatic N) is 3. The van der Waals surface area contributed by atoms with Crippen molar-refractivity contribution in [3.8, 4) is 34.5 Å². The number of hydrogen-bond donors (Lipinski definition) is 1. The second kappa shape index (κ2) is 13.2. The Bertz CT molecular complexity index is 1670. The van der Waals surface area contributed by atoms with Gasteiger partial charge in [0.15, 0.2) is 22.8 Å². The summed E-state index contributed by atoms with van der Waals surface area (Å²) in [5, 5.41) is 2.88. The number of benzene rings is 1. The molecule has 3 aromatic heterocycles. The monoisotopic (exact) mass is 640 g/mol. The Morgan fingerprint density at radius 2 is 1.56 bits per heavy atom. The van der Waals surface area contributed by atoms with Crippen LogP contribution >= 0.6 is 11.8 Å². The highest BCUT2D eigenvalue weighted by molar-refractivity contribution is 8.00. The summed E-state index contributed by atoms with van der Waals surface area (Å²) in [6, 6.07) is 5.83. The number of carbonyl (C=O) groups excluding carboxylic acids is 3. The molecule has 1 atom stereocenters. The van der Waals surface area contributed by atoms with Gasteiger partial charge in [0, 0.05) is 16.1 Å². The molecule has 0 radical (unpaired) electrons. The van der Waals surface area contributed by atoms with E-state index in [0.717, 1.165) is 6.26 Å². The summed E-state index contributed by atoms with van der Waals surface area (Å²) >= 11 is 1.60. The summed E-state index contributed by atoms with van der Waals surface area (Å²) in [5.74, 6) is 0.157. The number of hydrogen-bond acceptors (Lipinski definition) is 13. The van der Waals surface area contributed by atoms with Crippen LogP contribution < -0.4 is 5.32 Å². The van der Waals surface area contributed by atoms with Crippen molar-refractivity contribution in [1.29, 1.82) is 0 Å². The van der Waals surface area contributed by atoms with Crippen molar-refractivity contribution >= 4 is 29.8 Å². The molecule has 3 heterocycles. The van der Waals surface area contributed by atoms with Crippen molar-refractivity contribution in [2.75, 3.05) is 20.0 Å². The van der Waals surface area contributed by atoms with Gasteiger partial charge < -0.3 is 32.8 Å². The van der Waals surface area contributed by atoms with Gasteiger partial charge in [-0.05, 0) is 39.8 Å². The minimum absolute atomic E-state index is 0.0287. The van der Waals surface area contributed by atoms with Crippen LogP contribution in [0.25, 0.3) is 34.5 Å². The Morgan fingerprint density at radius 3 is 2.16 bits per heavy atom. The number of alkyl carbamates (subject to hydrolysis) is 1. The Kier molecular flexibility index (Phi) is 9.76. The van der Waals surface area contributed by atoms with Crippen molar-refractivity contribution in [1.82, 2.24) is 20.3 Å². The van der Waals surface area contributed by atoms with Crippen LogP contribution in [0.1, 0.15) is 80.1 Å². The number of ether oxygens (including phenoxy) is 3. The number of aromatic nitrogens is 3. The van der Waals surface area contributed by atoms with Gasteiger partial charge in [-0.15, -0.1) is 0 Å². The highest BCUT2D eigenvalue weighted by Gasteiger charge is 2.31. The zero-order valence-electron chi connectivity index (χ0n) is 26.6. The molecular formula is C31H36N4O9S. The maximum Gasteiger partial charge on any atom is 0.408 e. The summed E-state index contributed by atoms with van der Waals surface area (Å²) in [6.45, 7) is 13.2. The van der Waals surface area contributed by atoms with Crippen LogP contribution in [0, 0.1) is 6.92 Å². The molecule has 0 fully saturated rings. The maximum atomic E-state index is 12.9. The number of thioether (sulfide) groups is 1. The summed E-state index contributed by atoms with van der Waals surface area (Å²) in [5.41, 5.74) is 0.606. The Hall–Kier alpha value is -4.59. The summed E-state index contributed by atoms with van der Waals surface area (Å²) < 4.78 is 32.7. The smallest absolute Gasteiger partial charge is 0.408 e. The number of oxazole rings is 3. The number of esters is 2. The predicted octanol–water partition coefficient (Wildman–Crippen LogP) is 6.63. The van der Waals surface area contributed by atoms with Crippen LogP contribution in [0.5, 0.6) is 0 Å². The molecule has 0 aliphatic heterocycles. The molecule has 4 rings (SSSR count). The first-order valence-corrected chi connectivity index (χ1v) is 14.9. The molecule has 0 spiro atoms. The van der Waals surface area contributed by atoms with Crippen LogP contribution in [0.4, 0.5) is 4.79 Å². The van der Waals surface area contributed by atoms with E-state index >= 15 is 0 Å². The molecule has 13 nitrogen and oxygen atoms in total. The fourth-order valence-corrected chi connectivity index (χ4v) is 4.83. The van der Waals surface area contributed by atoms with Crippen LogP contribution in [0.3, 0.4) is 0 Å². The van der Waals surface area contributed by atoms with E-state index in [-0.39, 0.29) is 45.3 Å². The first-order chi connectivity index (χ1) is 21.1. The first-order valence-electron chi connectivity index (χ1n) is 13.9. The largest absolute Gasteiger partial charge is 0.465 e. The second-order valence-electron chi connectivity index (χ2n) is 11.9. The second-order valence-corrected chi connectivity index (χ2v) is 13.7. The molecule has 0 aliphatic carbocycles. The van der Waals surface area contributed by atoms with Crippen molar-refractivity contribution in [2.45, 2.75) is 64.9 Å². The molecule has 0 bridgehead atoms. The molecule has 4 aromatic rings. The number of methoxy groups -OCH3 is 2.